The van der Waals surface area contributed by atoms with E-state index in [9.17, 15) is 45.0 Å². The Morgan fingerprint density at radius 1 is 0.860 bits per heavy atom. The second kappa shape index (κ2) is 20.8. The topological polar surface area (TPSA) is 200 Å². The second-order valence-corrected chi connectivity index (χ2v) is 18.1. The standard InChI is InChI=1S/C45H74O12/c1-12-33-17-15-13-14-16-26(4)42(52)44(11,54)43(53)31(9)40(51)30(8)39(50)29(7)38(49)25(3)18-19-37(48)55-41-28(6)36(23-34(33)47)57-45(32(41)10)21-20-24(2)35(56-45)22-27(5)46/h13-15,17-19,24-36,38,40-42,46-47,49,51-52,54H,12,16,20-23H2,1-11H3/b14-13+,17-15+,19-18+/t24-,25-,26+,27+,28-,29-,30-,31-,32-,33-,34+,35-,36-,38+,40+,41-,42-,44+,45+/m0/s1. The Bertz CT molecular complexity index is 1420. The van der Waals surface area contributed by atoms with Crippen LogP contribution < -0.4 is 0 Å². The molecule has 2 fully saturated rings. The van der Waals surface area contributed by atoms with Crippen molar-refractivity contribution in [1.82, 2.24) is 0 Å². The predicted octanol–water partition coefficient (Wildman–Crippen LogP) is 4.85. The minimum atomic E-state index is -2.22. The first kappa shape index (κ1) is 49.1. The van der Waals surface area contributed by atoms with Gasteiger partial charge in [0, 0.05) is 60.3 Å². The van der Waals surface area contributed by atoms with Crippen LogP contribution in [0, 0.1) is 53.3 Å². The van der Waals surface area contributed by atoms with Crippen LogP contribution in [0.1, 0.15) is 115 Å². The summed E-state index contributed by atoms with van der Waals surface area (Å²) in [6.07, 6.45) is 5.74. The minimum absolute atomic E-state index is 0.164. The minimum Gasteiger partial charge on any atom is -0.458 e. The van der Waals surface area contributed by atoms with E-state index in [1.165, 1.54) is 39.8 Å². The average Bonchev–Trinajstić information content (AvgIpc) is 3.17. The van der Waals surface area contributed by atoms with Gasteiger partial charge >= 0.3 is 5.97 Å². The van der Waals surface area contributed by atoms with Gasteiger partial charge in [0.05, 0.1) is 42.7 Å². The number of carbonyl (C=O) groups is 3. The number of esters is 1. The lowest BCUT2D eigenvalue weighted by Crippen LogP contribution is -2.62. The number of ether oxygens (including phenoxy) is 3. The van der Waals surface area contributed by atoms with E-state index >= 15 is 0 Å². The van der Waals surface area contributed by atoms with Crippen LogP contribution in [-0.4, -0.2) is 108 Å². The van der Waals surface area contributed by atoms with Crippen LogP contribution in [0.3, 0.4) is 0 Å². The van der Waals surface area contributed by atoms with Crippen molar-refractivity contribution in [3.63, 3.8) is 0 Å². The first-order valence-corrected chi connectivity index (χ1v) is 21.3. The molecule has 2 bridgehead atoms. The van der Waals surface area contributed by atoms with Crippen molar-refractivity contribution in [3.8, 4) is 0 Å². The van der Waals surface area contributed by atoms with Crippen molar-refractivity contribution in [1.29, 1.82) is 0 Å². The molecule has 1 spiro atoms. The summed E-state index contributed by atoms with van der Waals surface area (Å²) in [5, 5.41) is 66.7. The zero-order valence-electron chi connectivity index (χ0n) is 36.2. The van der Waals surface area contributed by atoms with Gasteiger partial charge in [0.15, 0.2) is 11.6 Å². The van der Waals surface area contributed by atoms with Gasteiger partial charge in [-0.3, -0.25) is 9.59 Å². The van der Waals surface area contributed by atoms with Gasteiger partial charge in [0.2, 0.25) is 0 Å². The van der Waals surface area contributed by atoms with Crippen molar-refractivity contribution >= 4 is 17.5 Å². The molecule has 0 unspecified atom stereocenters. The maximum Gasteiger partial charge on any atom is 0.330 e. The lowest BCUT2D eigenvalue weighted by molar-refractivity contribution is -0.372. The molecule has 12 heteroatoms. The fourth-order valence-corrected chi connectivity index (χ4v) is 9.07. The first-order valence-electron chi connectivity index (χ1n) is 21.3. The molecular weight excluding hydrogens is 732 g/mol. The van der Waals surface area contributed by atoms with Crippen LogP contribution in [0.2, 0.25) is 0 Å². The summed E-state index contributed by atoms with van der Waals surface area (Å²) in [6, 6.07) is 0. The molecule has 12 nitrogen and oxygen atoms in total. The Hall–Kier alpha value is -2.29. The maximum atomic E-state index is 13.5. The third kappa shape index (κ3) is 11.7. The maximum absolute atomic E-state index is 13.5. The zero-order chi connectivity index (χ0) is 43.2. The highest BCUT2D eigenvalue weighted by Gasteiger charge is 2.56. The number of rotatable bonds is 3. The number of aliphatic hydroxyl groups is 6. The number of hydrogen-bond acceptors (Lipinski definition) is 12. The Balaban J connectivity index is 2.02. The van der Waals surface area contributed by atoms with Gasteiger partial charge in [-0.1, -0.05) is 92.7 Å². The molecule has 0 amide bonds. The number of ketones is 2. The molecule has 0 aromatic rings. The van der Waals surface area contributed by atoms with Gasteiger partial charge in [-0.05, 0) is 51.4 Å². The monoisotopic (exact) mass is 807 g/mol. The van der Waals surface area contributed by atoms with Crippen molar-refractivity contribution in [2.45, 2.75) is 175 Å². The Labute approximate surface area is 340 Å². The first-order chi connectivity index (χ1) is 26.5. The van der Waals surface area contributed by atoms with E-state index in [-0.39, 0.29) is 30.3 Å². The van der Waals surface area contributed by atoms with E-state index < -0.39 is 107 Å². The zero-order valence-corrected chi connectivity index (χ0v) is 36.2. The molecule has 3 heterocycles. The predicted molar refractivity (Wildman–Crippen MR) is 216 cm³/mol. The molecule has 0 radical (unpaired) electrons. The van der Waals surface area contributed by atoms with Crippen molar-refractivity contribution in [2.75, 3.05) is 0 Å². The van der Waals surface area contributed by atoms with E-state index in [0.717, 1.165) is 6.42 Å². The van der Waals surface area contributed by atoms with E-state index in [4.69, 9.17) is 14.2 Å². The molecular formula is C45H74O12. The molecule has 0 aliphatic carbocycles. The molecule has 0 aromatic carbocycles. The SMILES string of the molecule is CC[C@H]1/C=C/C=C/C[C@@H](C)[C@H](O)[C@@](C)(O)C(=O)[C@@H](C)[C@H](O)[C@@H](C)C(=O)[C@@H](C)[C@H](O)[C@@H](C)/C=C/C(=O)O[C@H]2[C@@H](C)[C@H](C[C@H]1O)O[C@]1(CC[C@H](C)[C@H](C[C@@H](C)O)O1)[C@H]2C. The summed E-state index contributed by atoms with van der Waals surface area (Å²) in [5.74, 6) is -8.49. The summed E-state index contributed by atoms with van der Waals surface area (Å²) in [5.41, 5.74) is -2.22. The van der Waals surface area contributed by atoms with E-state index in [1.807, 2.05) is 32.9 Å². The lowest BCUT2D eigenvalue weighted by Gasteiger charge is -2.55. The van der Waals surface area contributed by atoms with Crippen LogP contribution in [0.25, 0.3) is 0 Å². The molecule has 2 saturated heterocycles. The molecule has 326 valence electrons. The highest BCUT2D eigenvalue weighted by Crippen LogP contribution is 2.49. The number of carbonyl (C=O) groups excluding carboxylic acids is 3. The second-order valence-electron chi connectivity index (χ2n) is 18.1. The third-order valence-electron chi connectivity index (χ3n) is 13.5. The van der Waals surface area contributed by atoms with E-state index in [0.29, 0.717) is 25.7 Å². The molecule has 19 atom stereocenters. The Morgan fingerprint density at radius 2 is 1.49 bits per heavy atom. The fourth-order valence-electron chi connectivity index (χ4n) is 9.07. The molecule has 3 aliphatic heterocycles. The van der Waals surface area contributed by atoms with Crippen molar-refractivity contribution in [2.24, 2.45) is 53.3 Å². The van der Waals surface area contributed by atoms with Gasteiger partial charge in [-0.15, -0.1) is 0 Å². The fraction of sp³-hybridized carbons (Fsp3) is 0.800. The summed E-state index contributed by atoms with van der Waals surface area (Å²) >= 11 is 0. The van der Waals surface area contributed by atoms with Crippen molar-refractivity contribution < 1.29 is 59.2 Å². The third-order valence-corrected chi connectivity index (χ3v) is 13.5. The molecule has 6 N–H and O–H groups in total. The number of allylic oxidation sites excluding steroid dienone is 3. The number of Topliss-reactive ketones (excluding diaryl/α,β-unsaturated/α-hetero) is 2. The van der Waals surface area contributed by atoms with Gasteiger partial charge in [-0.25, -0.2) is 4.79 Å². The number of hydrogen-bond donors (Lipinski definition) is 6. The molecule has 0 aromatic heterocycles. The molecule has 3 rings (SSSR count). The molecule has 0 saturated carbocycles. The highest BCUT2D eigenvalue weighted by atomic mass is 16.7. The quantitative estimate of drug-likeness (QED) is 0.212. The summed E-state index contributed by atoms with van der Waals surface area (Å²) in [4.78, 5) is 40.6. The van der Waals surface area contributed by atoms with Crippen LogP contribution >= 0.6 is 0 Å². The smallest absolute Gasteiger partial charge is 0.330 e. The van der Waals surface area contributed by atoms with Gasteiger partial charge in [-0.2, -0.15) is 0 Å². The summed E-state index contributed by atoms with van der Waals surface area (Å²) in [6.45, 7) is 18.6. The van der Waals surface area contributed by atoms with Crippen LogP contribution in [-0.2, 0) is 28.6 Å². The number of fused-ring (bicyclic) bond motifs is 2. The van der Waals surface area contributed by atoms with Crippen LogP contribution in [0.5, 0.6) is 0 Å². The van der Waals surface area contributed by atoms with Gasteiger partial charge < -0.3 is 44.8 Å². The summed E-state index contributed by atoms with van der Waals surface area (Å²) in [7, 11) is 0. The number of aliphatic hydroxyl groups excluding tert-OH is 5. The summed E-state index contributed by atoms with van der Waals surface area (Å²) < 4.78 is 19.8. The Morgan fingerprint density at radius 3 is 2.11 bits per heavy atom. The van der Waals surface area contributed by atoms with Gasteiger partial charge in [0.1, 0.15) is 17.5 Å². The van der Waals surface area contributed by atoms with Crippen molar-refractivity contribution in [3.05, 3.63) is 36.5 Å². The van der Waals surface area contributed by atoms with Crippen LogP contribution in [0.15, 0.2) is 36.5 Å². The van der Waals surface area contributed by atoms with E-state index in [2.05, 4.69) is 6.92 Å². The normalized spacial score (nSPS) is 47.5. The Kier molecular flexibility index (Phi) is 17.9. The molecule has 3 aliphatic rings. The van der Waals surface area contributed by atoms with Gasteiger partial charge in [0.25, 0.3) is 0 Å². The average molecular weight is 807 g/mol. The van der Waals surface area contributed by atoms with Crippen LogP contribution in [0.4, 0.5) is 0 Å². The lowest BCUT2D eigenvalue weighted by atomic mass is 9.74. The molecule has 57 heavy (non-hydrogen) atoms. The van der Waals surface area contributed by atoms with E-state index in [1.54, 1.807) is 32.9 Å². The highest BCUT2D eigenvalue weighted by molar-refractivity contribution is 5.91. The largest absolute Gasteiger partial charge is 0.458 e.